The van der Waals surface area contributed by atoms with E-state index in [9.17, 15) is 9.59 Å². The van der Waals surface area contributed by atoms with E-state index in [-0.39, 0.29) is 11.8 Å². The van der Waals surface area contributed by atoms with Gasteiger partial charge in [0.25, 0.3) is 5.89 Å². The molecule has 0 radical (unpaired) electrons. The van der Waals surface area contributed by atoms with E-state index in [1.165, 1.54) is 25.2 Å². The molecular weight excluding hydrogens is 456 g/mol. The van der Waals surface area contributed by atoms with Gasteiger partial charge < -0.3 is 14.0 Å². The number of Topliss-reactive ketones (excluding diaryl/α,β-unsaturated/α-hetero) is 1. The lowest BCUT2D eigenvalue weighted by Crippen LogP contribution is -1.95. The first-order chi connectivity index (χ1) is 17.4. The van der Waals surface area contributed by atoms with Gasteiger partial charge in [0.15, 0.2) is 5.78 Å². The summed E-state index contributed by atoms with van der Waals surface area (Å²) in [5, 5.41) is 4.10. The minimum atomic E-state index is -0.157. The number of benzene rings is 3. The van der Waals surface area contributed by atoms with Gasteiger partial charge in [-0.1, -0.05) is 60.6 Å². The maximum atomic E-state index is 11.7. The summed E-state index contributed by atoms with van der Waals surface area (Å²) in [5.41, 5.74) is 6.71. The topological polar surface area (TPSA) is 91.5 Å². The Morgan fingerprint density at radius 3 is 2.33 bits per heavy atom. The number of hydrogen-bond acceptors (Lipinski definition) is 7. The number of carbonyl (C=O) groups excluding carboxylic acids is 2. The van der Waals surface area contributed by atoms with Gasteiger partial charge in [-0.3, -0.25) is 9.59 Å². The van der Waals surface area contributed by atoms with E-state index in [0.717, 1.165) is 22.3 Å². The number of rotatable bonds is 7. The van der Waals surface area contributed by atoms with E-state index in [1.807, 2.05) is 36.4 Å². The van der Waals surface area contributed by atoms with Crippen molar-refractivity contribution < 1.29 is 23.6 Å². The van der Waals surface area contributed by atoms with Crippen LogP contribution in [0.25, 0.3) is 34.0 Å². The number of aromatic nitrogens is 2. The quantitative estimate of drug-likeness (QED) is 0.224. The lowest BCUT2D eigenvalue weighted by molar-refractivity contribution is -0.140. The van der Waals surface area contributed by atoms with Gasteiger partial charge >= 0.3 is 5.97 Å². The van der Waals surface area contributed by atoms with Crippen LogP contribution in [-0.2, 0) is 20.9 Å². The van der Waals surface area contributed by atoms with Crippen molar-refractivity contribution in [3.63, 3.8) is 0 Å². The monoisotopic (exact) mass is 486 g/mol. The lowest BCUT2D eigenvalue weighted by Gasteiger charge is -2.12. The van der Waals surface area contributed by atoms with Crippen molar-refractivity contribution in [3.05, 3.63) is 83.4 Å². The molecule has 0 atom stereocenters. The van der Waals surface area contributed by atoms with E-state index < -0.39 is 0 Å². The van der Waals surface area contributed by atoms with Crippen LogP contribution in [0.2, 0.25) is 0 Å². The highest BCUT2D eigenvalue weighted by molar-refractivity contribution is 5.95. The summed E-state index contributed by atoms with van der Waals surface area (Å²) in [6.45, 7) is 5.86. The number of nitrogens with zero attached hydrogens (tertiary/aromatic N) is 2. The summed E-state index contributed by atoms with van der Waals surface area (Å²) in [5.74, 6) is 0.711. The van der Waals surface area contributed by atoms with Gasteiger partial charge in [-0.25, -0.2) is 0 Å². The third-order valence-corrected chi connectivity index (χ3v) is 5.56. The number of aryl methyl sites for hydroxylation is 1. The van der Waals surface area contributed by atoms with Gasteiger partial charge in [-0.2, -0.15) is 4.98 Å². The minimum absolute atomic E-state index is 0.00318. The zero-order chi connectivity index (χ0) is 26.1. The van der Waals surface area contributed by atoms with Crippen molar-refractivity contribution in [3.8, 4) is 34.0 Å². The fraction of sp³-hybridized carbons (Fsp3) is 0.241. The van der Waals surface area contributed by atoms with Gasteiger partial charge in [0.2, 0.25) is 5.82 Å². The van der Waals surface area contributed by atoms with Crippen molar-refractivity contribution >= 4 is 11.8 Å². The maximum Gasteiger partial charge on any atom is 0.305 e. The predicted molar refractivity (Wildman–Crippen MR) is 138 cm³/mol. The van der Waals surface area contributed by atoms with Crippen LogP contribution in [0.15, 0.2) is 71.3 Å². The van der Waals surface area contributed by atoms with E-state index in [2.05, 4.69) is 40.0 Å². The molecule has 1 heterocycles. The molecule has 0 amide bonds. The molecule has 0 fully saturated rings. The fourth-order valence-electron chi connectivity index (χ4n) is 3.62. The smallest absolute Gasteiger partial charge is 0.305 e. The second-order valence-electron chi connectivity index (χ2n) is 8.11. The number of methoxy groups -OCH3 is 2. The molecule has 36 heavy (non-hydrogen) atoms. The molecule has 1 aromatic heterocycles. The highest BCUT2D eigenvalue weighted by Gasteiger charge is 2.15. The molecule has 0 spiro atoms. The van der Waals surface area contributed by atoms with E-state index >= 15 is 0 Å². The molecule has 4 rings (SSSR count). The Hall–Kier alpha value is -4.10. The van der Waals surface area contributed by atoms with Crippen LogP contribution >= 0.6 is 0 Å². The zero-order valence-electron chi connectivity index (χ0n) is 21.2. The molecule has 0 aliphatic rings. The number of ketones is 1. The van der Waals surface area contributed by atoms with Gasteiger partial charge in [0.05, 0.1) is 13.7 Å². The molecule has 186 valence electrons. The number of carbonyl (C=O) groups is 2. The summed E-state index contributed by atoms with van der Waals surface area (Å²) < 4.78 is 15.2. The van der Waals surface area contributed by atoms with Crippen LogP contribution in [0.4, 0.5) is 0 Å². The van der Waals surface area contributed by atoms with E-state index in [0.29, 0.717) is 30.3 Å². The third-order valence-electron chi connectivity index (χ3n) is 5.56. The third kappa shape index (κ3) is 6.52. The molecule has 0 N–H and O–H groups in total. The standard InChI is InChI=1S/C25H22N2O3.C4H8O2/c1-16-7-4-5-10-22(16)23-12-11-20(14-21(23)15-29-3)25-26-24(27-30-25)19-9-6-8-18(13-19)17(2)28;1-3-4(5)6-2/h4-14H,15H2,1-3H3;3H2,1-2H3. The first-order valence-electron chi connectivity index (χ1n) is 11.6. The first-order valence-corrected chi connectivity index (χ1v) is 11.6. The normalized spacial score (nSPS) is 10.4. The van der Waals surface area contributed by atoms with Crippen molar-refractivity contribution in [1.29, 1.82) is 0 Å². The second-order valence-corrected chi connectivity index (χ2v) is 8.11. The Bertz CT molecular complexity index is 1340. The highest BCUT2D eigenvalue weighted by atomic mass is 16.5. The summed E-state index contributed by atoms with van der Waals surface area (Å²) in [6.07, 6.45) is 0.469. The SMILES string of the molecule is CCC(=O)OC.COCc1cc(-c2nc(-c3cccc(C(C)=O)c3)no2)ccc1-c1ccccc1C. The molecule has 0 aliphatic carbocycles. The maximum absolute atomic E-state index is 11.7. The molecule has 3 aromatic carbocycles. The van der Waals surface area contributed by atoms with E-state index in [1.54, 1.807) is 26.2 Å². The number of hydrogen-bond donors (Lipinski definition) is 0. The van der Waals surface area contributed by atoms with Crippen LogP contribution in [-0.4, -0.2) is 36.1 Å². The summed E-state index contributed by atoms with van der Waals surface area (Å²) in [6, 6.07) is 21.5. The Morgan fingerprint density at radius 2 is 1.69 bits per heavy atom. The Kier molecular flexibility index (Phi) is 9.25. The summed E-state index contributed by atoms with van der Waals surface area (Å²) in [4.78, 5) is 26.2. The Morgan fingerprint density at radius 1 is 0.917 bits per heavy atom. The predicted octanol–water partition coefficient (Wildman–Crippen LogP) is 6.30. The van der Waals surface area contributed by atoms with E-state index in [4.69, 9.17) is 9.26 Å². The van der Waals surface area contributed by atoms with Crippen molar-refractivity contribution in [2.45, 2.75) is 33.8 Å². The zero-order valence-corrected chi connectivity index (χ0v) is 21.2. The minimum Gasteiger partial charge on any atom is -0.469 e. The molecule has 0 saturated carbocycles. The molecule has 0 bridgehead atoms. The molecule has 0 aliphatic heterocycles. The van der Waals surface area contributed by atoms with Crippen LogP contribution in [0.1, 0.15) is 41.8 Å². The Labute approximate surface area is 211 Å². The molecule has 7 heteroatoms. The van der Waals surface area contributed by atoms with Crippen molar-refractivity contribution in [1.82, 2.24) is 10.1 Å². The Balaban J connectivity index is 0.000000538. The van der Waals surface area contributed by atoms with Crippen LogP contribution in [0.3, 0.4) is 0 Å². The largest absolute Gasteiger partial charge is 0.469 e. The van der Waals surface area contributed by atoms with Gasteiger partial charge in [-0.05, 0) is 54.3 Å². The van der Waals surface area contributed by atoms with Crippen molar-refractivity contribution in [2.24, 2.45) is 0 Å². The van der Waals surface area contributed by atoms with Crippen LogP contribution < -0.4 is 0 Å². The lowest BCUT2D eigenvalue weighted by atomic mass is 9.94. The molecule has 0 saturated heterocycles. The average Bonchev–Trinajstić information content (AvgIpc) is 3.40. The van der Waals surface area contributed by atoms with Crippen LogP contribution in [0, 0.1) is 6.92 Å². The second kappa shape index (κ2) is 12.6. The highest BCUT2D eigenvalue weighted by Crippen LogP contribution is 2.31. The fourth-order valence-corrected chi connectivity index (χ4v) is 3.62. The number of ether oxygens (including phenoxy) is 2. The summed E-state index contributed by atoms with van der Waals surface area (Å²) in [7, 11) is 3.06. The molecule has 4 aromatic rings. The van der Waals surface area contributed by atoms with Gasteiger partial charge in [-0.15, -0.1) is 0 Å². The first kappa shape index (κ1) is 26.5. The molecule has 0 unspecified atom stereocenters. The van der Waals surface area contributed by atoms with Gasteiger partial charge in [0, 0.05) is 30.2 Å². The summed E-state index contributed by atoms with van der Waals surface area (Å²) >= 11 is 0. The molecule has 7 nitrogen and oxygen atoms in total. The average molecular weight is 487 g/mol. The van der Waals surface area contributed by atoms with Gasteiger partial charge in [0.1, 0.15) is 0 Å². The molecular formula is C29H30N2O5. The van der Waals surface area contributed by atoms with Crippen molar-refractivity contribution in [2.75, 3.05) is 14.2 Å². The van der Waals surface area contributed by atoms with Crippen LogP contribution in [0.5, 0.6) is 0 Å². The number of esters is 1.